The highest BCUT2D eigenvalue weighted by Crippen LogP contribution is 2.26. The van der Waals surface area contributed by atoms with E-state index >= 15 is 0 Å². The molecular weight excluding hydrogens is 339 g/mol. The molecule has 1 heterocycles. The van der Waals surface area contributed by atoms with Crippen LogP contribution in [0.3, 0.4) is 0 Å². The quantitative estimate of drug-likeness (QED) is 0.807. The second-order valence-electron chi connectivity index (χ2n) is 4.29. The monoisotopic (exact) mass is 352 g/mol. The third-order valence-corrected chi connectivity index (χ3v) is 4.95. The lowest BCUT2D eigenvalue weighted by Gasteiger charge is -2.13. The number of nitrogens with one attached hydrogen (secondary N) is 1. The lowest BCUT2D eigenvalue weighted by atomic mass is 10.2. The molecule has 1 atom stereocenters. The van der Waals surface area contributed by atoms with E-state index in [0.717, 1.165) is 25.0 Å². The van der Waals surface area contributed by atoms with E-state index < -0.39 is 15.8 Å². The van der Waals surface area contributed by atoms with Gasteiger partial charge in [-0.05, 0) is 40.9 Å². The normalized spacial score (nSPS) is 19.8. The molecule has 3 N–H and O–H groups in total. The van der Waals surface area contributed by atoms with Gasteiger partial charge >= 0.3 is 0 Å². The zero-order chi connectivity index (χ0) is 14.0. The number of sulfonamides is 1. The van der Waals surface area contributed by atoms with Crippen molar-refractivity contribution in [2.75, 3.05) is 18.9 Å². The number of halogens is 2. The summed E-state index contributed by atoms with van der Waals surface area (Å²) in [5, 5.41) is 0. The summed E-state index contributed by atoms with van der Waals surface area (Å²) < 4.78 is 45.2. The van der Waals surface area contributed by atoms with E-state index in [-0.39, 0.29) is 27.7 Å². The van der Waals surface area contributed by atoms with Gasteiger partial charge in [0, 0.05) is 13.2 Å². The Balaban J connectivity index is 2.16. The van der Waals surface area contributed by atoms with E-state index in [1.807, 2.05) is 0 Å². The highest BCUT2D eigenvalue weighted by atomic mass is 79.9. The van der Waals surface area contributed by atoms with E-state index in [2.05, 4.69) is 20.7 Å². The highest BCUT2D eigenvalue weighted by Gasteiger charge is 2.23. The van der Waals surface area contributed by atoms with Gasteiger partial charge in [-0.3, -0.25) is 0 Å². The maximum Gasteiger partial charge on any atom is 0.242 e. The Bertz CT molecular complexity index is 574. The van der Waals surface area contributed by atoms with Gasteiger partial charge in [-0.1, -0.05) is 0 Å². The zero-order valence-electron chi connectivity index (χ0n) is 10.0. The molecule has 0 bridgehead atoms. The van der Waals surface area contributed by atoms with Crippen LogP contribution in [-0.4, -0.2) is 27.7 Å². The molecule has 0 aromatic heterocycles. The standard InChI is InChI=1S/C11H14BrFN2O3S/c12-8-4-11(10(14)5-9(8)13)19(16,17)15-6-7-2-1-3-18-7/h4-5,7,15H,1-3,6,14H2. The summed E-state index contributed by atoms with van der Waals surface area (Å²) in [6.07, 6.45) is 1.64. The minimum absolute atomic E-state index is 0.0548. The van der Waals surface area contributed by atoms with Gasteiger partial charge in [-0.25, -0.2) is 17.5 Å². The fourth-order valence-electron chi connectivity index (χ4n) is 1.86. The van der Waals surface area contributed by atoms with Crippen LogP contribution in [0.2, 0.25) is 0 Å². The van der Waals surface area contributed by atoms with Crippen molar-refractivity contribution >= 4 is 31.6 Å². The summed E-state index contributed by atoms with van der Waals surface area (Å²) in [7, 11) is -3.77. The van der Waals surface area contributed by atoms with Crippen LogP contribution in [0.1, 0.15) is 12.8 Å². The van der Waals surface area contributed by atoms with Crippen molar-refractivity contribution in [3.8, 4) is 0 Å². The third-order valence-electron chi connectivity index (χ3n) is 2.87. The average Bonchev–Trinajstić information content (AvgIpc) is 2.84. The van der Waals surface area contributed by atoms with E-state index in [9.17, 15) is 12.8 Å². The van der Waals surface area contributed by atoms with Crippen LogP contribution in [-0.2, 0) is 14.8 Å². The Kier molecular flexibility index (Phi) is 4.44. The Hall–Kier alpha value is -0.700. The minimum Gasteiger partial charge on any atom is -0.398 e. The molecule has 1 fully saturated rings. The number of rotatable bonds is 4. The Morgan fingerprint density at radius 3 is 2.89 bits per heavy atom. The number of hydrogen-bond acceptors (Lipinski definition) is 4. The molecule has 19 heavy (non-hydrogen) atoms. The van der Waals surface area contributed by atoms with Gasteiger partial charge in [-0.15, -0.1) is 0 Å². The van der Waals surface area contributed by atoms with Crippen molar-refractivity contribution < 1.29 is 17.5 Å². The summed E-state index contributed by atoms with van der Waals surface area (Å²) in [6, 6.07) is 2.13. The van der Waals surface area contributed by atoms with Crippen molar-refractivity contribution in [2.24, 2.45) is 0 Å². The third kappa shape index (κ3) is 3.44. The summed E-state index contributed by atoms with van der Waals surface area (Å²) in [6.45, 7) is 0.841. The Labute approximate surface area is 119 Å². The molecule has 0 aliphatic carbocycles. The van der Waals surface area contributed by atoms with Gasteiger partial charge in [0.15, 0.2) is 0 Å². The van der Waals surface area contributed by atoms with Gasteiger partial charge < -0.3 is 10.5 Å². The van der Waals surface area contributed by atoms with Crippen LogP contribution in [0, 0.1) is 5.82 Å². The molecule has 0 amide bonds. The number of benzene rings is 1. The van der Waals surface area contributed by atoms with Crippen molar-refractivity contribution in [1.82, 2.24) is 4.72 Å². The molecule has 1 saturated heterocycles. The zero-order valence-corrected chi connectivity index (χ0v) is 12.4. The van der Waals surface area contributed by atoms with E-state index in [4.69, 9.17) is 10.5 Å². The van der Waals surface area contributed by atoms with E-state index in [1.165, 1.54) is 0 Å². The van der Waals surface area contributed by atoms with Crippen molar-refractivity contribution in [3.63, 3.8) is 0 Å². The maximum absolute atomic E-state index is 13.2. The first-order valence-corrected chi connectivity index (χ1v) is 8.03. The molecule has 1 aliphatic heterocycles. The first-order valence-electron chi connectivity index (χ1n) is 5.76. The average molecular weight is 353 g/mol. The van der Waals surface area contributed by atoms with Crippen LogP contribution >= 0.6 is 15.9 Å². The van der Waals surface area contributed by atoms with Gasteiger partial charge in [0.2, 0.25) is 10.0 Å². The lowest BCUT2D eigenvalue weighted by molar-refractivity contribution is 0.114. The predicted molar refractivity (Wildman–Crippen MR) is 72.7 cm³/mol. The predicted octanol–water partition coefficient (Wildman–Crippen LogP) is 1.63. The second kappa shape index (κ2) is 5.74. The van der Waals surface area contributed by atoms with Crippen molar-refractivity contribution in [2.45, 2.75) is 23.8 Å². The van der Waals surface area contributed by atoms with Gasteiger partial charge in [0.25, 0.3) is 0 Å². The fourth-order valence-corrected chi connectivity index (χ4v) is 3.56. The Morgan fingerprint density at radius 1 is 1.53 bits per heavy atom. The first kappa shape index (κ1) is 14.7. The number of anilines is 1. The first-order chi connectivity index (χ1) is 8.90. The SMILES string of the molecule is Nc1cc(F)c(Br)cc1S(=O)(=O)NCC1CCCO1. The number of ether oxygens (including phenoxy) is 1. The molecule has 1 aromatic carbocycles. The van der Waals surface area contributed by atoms with Crippen molar-refractivity contribution in [1.29, 1.82) is 0 Å². The molecule has 1 aliphatic rings. The van der Waals surface area contributed by atoms with Gasteiger partial charge in [0.1, 0.15) is 10.7 Å². The molecule has 0 spiro atoms. The van der Waals surface area contributed by atoms with Gasteiger partial charge in [-0.2, -0.15) is 0 Å². The molecule has 2 rings (SSSR count). The second-order valence-corrected chi connectivity index (χ2v) is 6.88. The fraction of sp³-hybridized carbons (Fsp3) is 0.455. The number of nitrogen functional groups attached to an aromatic ring is 1. The van der Waals surface area contributed by atoms with Crippen LogP contribution in [0.25, 0.3) is 0 Å². The van der Waals surface area contributed by atoms with Crippen molar-refractivity contribution in [3.05, 3.63) is 22.4 Å². The summed E-state index contributed by atoms with van der Waals surface area (Å²) in [4.78, 5) is -0.140. The maximum atomic E-state index is 13.2. The molecule has 8 heteroatoms. The summed E-state index contributed by atoms with van der Waals surface area (Å²) >= 11 is 2.94. The smallest absolute Gasteiger partial charge is 0.242 e. The highest BCUT2D eigenvalue weighted by molar-refractivity contribution is 9.10. The summed E-state index contributed by atoms with van der Waals surface area (Å²) in [5.41, 5.74) is 5.42. The van der Waals surface area contributed by atoms with Crippen LogP contribution in [0.5, 0.6) is 0 Å². The molecule has 0 radical (unpaired) electrons. The molecule has 1 unspecified atom stereocenters. The lowest BCUT2D eigenvalue weighted by Crippen LogP contribution is -2.32. The minimum atomic E-state index is -3.77. The molecule has 1 aromatic rings. The number of nitrogens with two attached hydrogens (primary N) is 1. The summed E-state index contributed by atoms with van der Waals surface area (Å²) in [5.74, 6) is -0.601. The van der Waals surface area contributed by atoms with Crippen LogP contribution < -0.4 is 10.5 Å². The number of hydrogen-bond donors (Lipinski definition) is 2. The largest absolute Gasteiger partial charge is 0.398 e. The van der Waals surface area contributed by atoms with E-state index in [1.54, 1.807) is 0 Å². The van der Waals surface area contributed by atoms with Crippen LogP contribution in [0.4, 0.5) is 10.1 Å². The molecule has 5 nitrogen and oxygen atoms in total. The Morgan fingerprint density at radius 2 is 2.26 bits per heavy atom. The molecular formula is C11H14BrFN2O3S. The molecule has 106 valence electrons. The van der Waals surface area contributed by atoms with Crippen LogP contribution in [0.15, 0.2) is 21.5 Å². The molecule has 0 saturated carbocycles. The topological polar surface area (TPSA) is 81.4 Å². The van der Waals surface area contributed by atoms with Gasteiger partial charge in [0.05, 0.1) is 16.3 Å². The van der Waals surface area contributed by atoms with E-state index in [0.29, 0.717) is 6.61 Å².